The van der Waals surface area contributed by atoms with Crippen LogP contribution in [-0.4, -0.2) is 40.6 Å². The van der Waals surface area contributed by atoms with E-state index < -0.39 is 0 Å². The van der Waals surface area contributed by atoms with Gasteiger partial charge in [-0.05, 0) is 20.9 Å². The van der Waals surface area contributed by atoms with Gasteiger partial charge in [-0.25, -0.2) is 4.98 Å². The van der Waals surface area contributed by atoms with E-state index in [9.17, 15) is 0 Å². The number of nitrogens with one attached hydrogen (secondary N) is 1. The van der Waals surface area contributed by atoms with Crippen LogP contribution in [0.4, 0.5) is 5.95 Å². The Morgan fingerprint density at radius 3 is 3.00 bits per heavy atom. The van der Waals surface area contributed by atoms with Crippen LogP contribution in [0.1, 0.15) is 13.8 Å². The Bertz CT molecular complexity index is 317. The third-order valence-electron chi connectivity index (χ3n) is 2.67. The van der Waals surface area contributed by atoms with Gasteiger partial charge in [-0.15, -0.1) is 6.58 Å². The van der Waals surface area contributed by atoms with Crippen molar-refractivity contribution in [3.05, 3.63) is 25.0 Å². The first kappa shape index (κ1) is 12.8. The molecule has 0 fully saturated rings. The molecule has 0 aliphatic heterocycles. The fourth-order valence-electron chi connectivity index (χ4n) is 1.37. The Morgan fingerprint density at radius 1 is 1.62 bits per heavy atom. The molecular formula is C12H22N4. The van der Waals surface area contributed by atoms with E-state index in [1.807, 2.05) is 16.8 Å². The summed E-state index contributed by atoms with van der Waals surface area (Å²) in [6.07, 6.45) is 5.63. The maximum Gasteiger partial charge on any atom is 0.203 e. The first-order chi connectivity index (χ1) is 7.65. The molecule has 0 aliphatic carbocycles. The second kappa shape index (κ2) is 6.33. The van der Waals surface area contributed by atoms with Crippen LogP contribution < -0.4 is 5.32 Å². The number of nitrogens with zero attached hydrogens (tertiary/aromatic N) is 3. The molecule has 0 radical (unpaired) electrons. The molecule has 0 bridgehead atoms. The average molecular weight is 222 g/mol. The summed E-state index contributed by atoms with van der Waals surface area (Å²) in [4.78, 5) is 6.56. The topological polar surface area (TPSA) is 33.1 Å². The molecule has 0 saturated heterocycles. The van der Waals surface area contributed by atoms with Crippen molar-refractivity contribution in [3.8, 4) is 0 Å². The van der Waals surface area contributed by atoms with Crippen molar-refractivity contribution in [2.75, 3.05) is 25.5 Å². The Balaban J connectivity index is 2.36. The smallest absolute Gasteiger partial charge is 0.203 e. The highest BCUT2D eigenvalue weighted by atomic mass is 15.2. The van der Waals surface area contributed by atoms with E-state index in [0.29, 0.717) is 6.04 Å². The zero-order chi connectivity index (χ0) is 12.0. The number of likely N-dealkylation sites (N-methyl/N-ethyl adjacent to an activating group) is 1. The van der Waals surface area contributed by atoms with Crippen molar-refractivity contribution in [3.63, 3.8) is 0 Å². The van der Waals surface area contributed by atoms with Gasteiger partial charge in [0.1, 0.15) is 0 Å². The van der Waals surface area contributed by atoms with Crippen LogP contribution in [-0.2, 0) is 6.54 Å². The summed E-state index contributed by atoms with van der Waals surface area (Å²) in [6.45, 7) is 10.8. The molecule has 0 atom stereocenters. The Hall–Kier alpha value is -1.29. The van der Waals surface area contributed by atoms with Crippen LogP contribution in [0.3, 0.4) is 0 Å². The summed E-state index contributed by atoms with van der Waals surface area (Å²) in [5, 5.41) is 3.33. The van der Waals surface area contributed by atoms with Gasteiger partial charge in [-0.3, -0.25) is 0 Å². The second-order valence-electron chi connectivity index (χ2n) is 4.19. The van der Waals surface area contributed by atoms with Crippen molar-refractivity contribution in [2.45, 2.75) is 26.4 Å². The number of imidazole rings is 1. The van der Waals surface area contributed by atoms with E-state index in [0.717, 1.165) is 25.6 Å². The summed E-state index contributed by atoms with van der Waals surface area (Å²) >= 11 is 0. The van der Waals surface area contributed by atoms with Crippen LogP contribution in [0.5, 0.6) is 0 Å². The minimum absolute atomic E-state index is 0.578. The van der Waals surface area contributed by atoms with Crippen molar-refractivity contribution in [1.82, 2.24) is 14.5 Å². The van der Waals surface area contributed by atoms with Gasteiger partial charge in [-0.2, -0.15) is 0 Å². The van der Waals surface area contributed by atoms with Gasteiger partial charge in [-0.1, -0.05) is 6.08 Å². The predicted molar refractivity (Wildman–Crippen MR) is 68.7 cm³/mol. The lowest BCUT2D eigenvalue weighted by Gasteiger charge is -2.21. The van der Waals surface area contributed by atoms with E-state index in [1.54, 1.807) is 6.20 Å². The molecule has 0 aliphatic rings. The molecule has 4 nitrogen and oxygen atoms in total. The predicted octanol–water partition coefficient (Wildman–Crippen LogP) is 1.82. The molecule has 0 unspecified atom stereocenters. The molecule has 4 heteroatoms. The average Bonchev–Trinajstić information content (AvgIpc) is 2.66. The summed E-state index contributed by atoms with van der Waals surface area (Å²) in [7, 11) is 2.13. The molecule has 1 rings (SSSR count). The van der Waals surface area contributed by atoms with Crippen molar-refractivity contribution in [1.29, 1.82) is 0 Å². The fraction of sp³-hybridized carbons (Fsp3) is 0.583. The van der Waals surface area contributed by atoms with Crippen LogP contribution in [0.2, 0.25) is 0 Å². The monoisotopic (exact) mass is 222 g/mol. The normalized spacial score (nSPS) is 11.1. The van der Waals surface area contributed by atoms with Gasteiger partial charge in [0.25, 0.3) is 0 Å². The fourth-order valence-corrected chi connectivity index (χ4v) is 1.37. The first-order valence-corrected chi connectivity index (χ1v) is 5.71. The maximum atomic E-state index is 4.26. The molecule has 1 aromatic rings. The highest BCUT2D eigenvalue weighted by Gasteiger charge is 2.03. The lowest BCUT2D eigenvalue weighted by atomic mass is 10.3. The molecule has 1 heterocycles. The zero-order valence-electron chi connectivity index (χ0n) is 10.5. The maximum absolute atomic E-state index is 4.26. The van der Waals surface area contributed by atoms with E-state index in [1.165, 1.54) is 0 Å². The molecule has 0 saturated carbocycles. The van der Waals surface area contributed by atoms with E-state index in [4.69, 9.17) is 0 Å². The molecule has 1 aromatic heterocycles. The number of rotatable bonds is 7. The van der Waals surface area contributed by atoms with Crippen molar-refractivity contribution >= 4 is 5.95 Å². The first-order valence-electron chi connectivity index (χ1n) is 5.71. The summed E-state index contributed by atoms with van der Waals surface area (Å²) in [5.41, 5.74) is 0. The van der Waals surface area contributed by atoms with E-state index in [-0.39, 0.29) is 0 Å². The largest absolute Gasteiger partial charge is 0.354 e. The molecule has 0 aromatic carbocycles. The quantitative estimate of drug-likeness (QED) is 0.714. The molecular weight excluding hydrogens is 200 g/mol. The van der Waals surface area contributed by atoms with Crippen LogP contribution in [0.15, 0.2) is 25.0 Å². The highest BCUT2D eigenvalue weighted by Crippen LogP contribution is 2.03. The minimum Gasteiger partial charge on any atom is -0.354 e. The number of hydrogen-bond donors (Lipinski definition) is 1. The lowest BCUT2D eigenvalue weighted by Crippen LogP contribution is -2.31. The molecule has 0 amide bonds. The van der Waals surface area contributed by atoms with Gasteiger partial charge >= 0.3 is 0 Å². The zero-order valence-corrected chi connectivity index (χ0v) is 10.5. The van der Waals surface area contributed by atoms with Gasteiger partial charge in [0.15, 0.2) is 0 Å². The van der Waals surface area contributed by atoms with Crippen molar-refractivity contribution < 1.29 is 0 Å². The number of anilines is 1. The highest BCUT2D eigenvalue weighted by molar-refractivity contribution is 5.26. The van der Waals surface area contributed by atoms with E-state index >= 15 is 0 Å². The molecule has 0 spiro atoms. The Labute approximate surface area is 98.0 Å². The lowest BCUT2D eigenvalue weighted by molar-refractivity contribution is 0.284. The SMILES string of the molecule is C=CCn1ccnc1NCCN(C)C(C)C. The van der Waals surface area contributed by atoms with Crippen LogP contribution >= 0.6 is 0 Å². The molecule has 1 N–H and O–H groups in total. The number of allylic oxidation sites excluding steroid dienone is 1. The third-order valence-corrected chi connectivity index (χ3v) is 2.67. The standard InChI is InChI=1S/C12H22N4/c1-5-8-16-10-7-14-12(16)13-6-9-15(4)11(2)3/h5,7,10-11H,1,6,8-9H2,2-4H3,(H,13,14). The van der Waals surface area contributed by atoms with Crippen molar-refractivity contribution in [2.24, 2.45) is 0 Å². The van der Waals surface area contributed by atoms with Gasteiger partial charge in [0.05, 0.1) is 0 Å². The Kier molecular flexibility index (Phi) is 5.05. The van der Waals surface area contributed by atoms with Gasteiger partial charge < -0.3 is 14.8 Å². The number of hydrogen-bond acceptors (Lipinski definition) is 3. The Morgan fingerprint density at radius 2 is 2.38 bits per heavy atom. The summed E-state index contributed by atoms with van der Waals surface area (Å²) < 4.78 is 2.04. The van der Waals surface area contributed by atoms with E-state index in [2.05, 4.69) is 42.7 Å². The van der Waals surface area contributed by atoms with Crippen LogP contribution in [0.25, 0.3) is 0 Å². The second-order valence-corrected chi connectivity index (χ2v) is 4.19. The summed E-state index contributed by atoms with van der Waals surface area (Å²) in [5.74, 6) is 0.914. The number of aromatic nitrogens is 2. The minimum atomic E-state index is 0.578. The third kappa shape index (κ3) is 3.70. The molecule has 90 valence electrons. The van der Waals surface area contributed by atoms with Gasteiger partial charge in [0.2, 0.25) is 5.95 Å². The molecule has 16 heavy (non-hydrogen) atoms. The summed E-state index contributed by atoms with van der Waals surface area (Å²) in [6, 6.07) is 0.578. The van der Waals surface area contributed by atoms with Gasteiger partial charge in [0, 0.05) is 38.1 Å². The van der Waals surface area contributed by atoms with Crippen LogP contribution in [0, 0.1) is 0 Å².